The zero-order chi connectivity index (χ0) is 17.6. The van der Waals surface area contributed by atoms with Crippen molar-refractivity contribution in [3.05, 3.63) is 60.2 Å². The molecule has 25 heavy (non-hydrogen) atoms. The van der Waals surface area contributed by atoms with Gasteiger partial charge in [-0.25, -0.2) is 0 Å². The summed E-state index contributed by atoms with van der Waals surface area (Å²) in [6, 6.07) is 19.4. The van der Waals surface area contributed by atoms with E-state index in [9.17, 15) is 0 Å². The summed E-state index contributed by atoms with van der Waals surface area (Å²) in [5.41, 5.74) is 1.32. The number of benzene rings is 2. The standard InChI is InChI=1S/C21H29N3O/c1-17-15-24(13-12-22-17)21(16-23(2)3)18-8-7-11-20(14-18)25-19-9-5-4-6-10-19/h4-11,14,17,21-22H,12-13,15-16H2,1-3H3. The Hall–Kier alpha value is -1.88. The molecule has 2 aromatic carbocycles. The molecule has 2 aromatic rings. The Labute approximate surface area is 151 Å². The first-order chi connectivity index (χ1) is 12.1. The van der Waals surface area contributed by atoms with Gasteiger partial charge in [-0.1, -0.05) is 30.3 Å². The summed E-state index contributed by atoms with van der Waals surface area (Å²) in [5, 5.41) is 3.54. The molecule has 1 fully saturated rings. The minimum atomic E-state index is 0.374. The quantitative estimate of drug-likeness (QED) is 0.873. The average Bonchev–Trinajstić information content (AvgIpc) is 2.61. The number of rotatable bonds is 6. The lowest BCUT2D eigenvalue weighted by molar-refractivity contribution is 0.125. The van der Waals surface area contributed by atoms with E-state index in [4.69, 9.17) is 4.74 Å². The lowest BCUT2D eigenvalue weighted by Crippen LogP contribution is -2.51. The fraction of sp³-hybridized carbons (Fsp3) is 0.429. The number of ether oxygens (including phenoxy) is 1. The maximum atomic E-state index is 6.04. The van der Waals surface area contributed by atoms with Crippen molar-refractivity contribution < 1.29 is 4.74 Å². The number of piperazine rings is 1. The second kappa shape index (κ2) is 8.48. The SMILES string of the molecule is CC1CN(C(CN(C)C)c2cccc(Oc3ccccc3)c2)CCN1. The van der Waals surface area contributed by atoms with E-state index in [1.807, 2.05) is 36.4 Å². The molecule has 0 spiro atoms. The largest absolute Gasteiger partial charge is 0.457 e. The molecular formula is C21H29N3O. The van der Waals surface area contributed by atoms with Crippen LogP contribution in [0.5, 0.6) is 11.5 Å². The van der Waals surface area contributed by atoms with E-state index in [1.165, 1.54) is 5.56 Å². The van der Waals surface area contributed by atoms with Crippen molar-refractivity contribution in [3.8, 4) is 11.5 Å². The molecule has 1 saturated heterocycles. The van der Waals surface area contributed by atoms with Crippen LogP contribution < -0.4 is 10.1 Å². The Kier molecular flexibility index (Phi) is 6.08. The third kappa shape index (κ3) is 5.05. The summed E-state index contributed by atoms with van der Waals surface area (Å²) in [7, 11) is 4.28. The van der Waals surface area contributed by atoms with Crippen LogP contribution in [-0.2, 0) is 0 Å². The topological polar surface area (TPSA) is 27.7 Å². The Balaban J connectivity index is 1.81. The van der Waals surface area contributed by atoms with Crippen molar-refractivity contribution in [3.63, 3.8) is 0 Å². The van der Waals surface area contributed by atoms with Crippen LogP contribution in [0.3, 0.4) is 0 Å². The van der Waals surface area contributed by atoms with E-state index < -0.39 is 0 Å². The Bertz CT molecular complexity index is 659. The first-order valence-electron chi connectivity index (χ1n) is 9.07. The van der Waals surface area contributed by atoms with Gasteiger partial charge in [-0.15, -0.1) is 0 Å². The molecule has 134 valence electrons. The zero-order valence-corrected chi connectivity index (χ0v) is 15.5. The molecule has 1 heterocycles. The molecule has 0 radical (unpaired) electrons. The van der Waals surface area contributed by atoms with Gasteiger partial charge in [0.15, 0.2) is 0 Å². The molecule has 1 aliphatic heterocycles. The smallest absolute Gasteiger partial charge is 0.127 e. The lowest BCUT2D eigenvalue weighted by atomic mass is 10.0. The summed E-state index contributed by atoms with van der Waals surface area (Å²) < 4.78 is 6.04. The molecule has 0 amide bonds. The number of para-hydroxylation sites is 1. The average molecular weight is 339 g/mol. The highest BCUT2D eigenvalue weighted by atomic mass is 16.5. The number of likely N-dealkylation sites (N-methyl/N-ethyl adjacent to an activating group) is 1. The van der Waals surface area contributed by atoms with Crippen LogP contribution in [0.4, 0.5) is 0 Å². The van der Waals surface area contributed by atoms with Gasteiger partial charge in [-0.05, 0) is 50.8 Å². The number of hydrogen-bond acceptors (Lipinski definition) is 4. The maximum absolute atomic E-state index is 6.04. The fourth-order valence-corrected chi connectivity index (χ4v) is 3.43. The van der Waals surface area contributed by atoms with Gasteiger partial charge in [0.05, 0.1) is 0 Å². The van der Waals surface area contributed by atoms with Crippen molar-refractivity contribution in [1.29, 1.82) is 0 Å². The fourth-order valence-electron chi connectivity index (χ4n) is 3.43. The molecule has 2 atom stereocenters. The summed E-state index contributed by atoms with van der Waals surface area (Å²) >= 11 is 0. The monoisotopic (exact) mass is 339 g/mol. The minimum absolute atomic E-state index is 0.374. The van der Waals surface area contributed by atoms with E-state index in [-0.39, 0.29) is 0 Å². The van der Waals surface area contributed by atoms with E-state index in [0.717, 1.165) is 37.7 Å². The summed E-state index contributed by atoms with van der Waals surface area (Å²) in [6.07, 6.45) is 0. The summed E-state index contributed by atoms with van der Waals surface area (Å²) in [6.45, 7) is 6.45. The number of nitrogens with one attached hydrogen (secondary N) is 1. The molecule has 4 nitrogen and oxygen atoms in total. The second-order valence-electron chi connectivity index (χ2n) is 7.12. The van der Waals surface area contributed by atoms with Gasteiger partial charge < -0.3 is 15.0 Å². The van der Waals surface area contributed by atoms with Crippen LogP contribution in [0.2, 0.25) is 0 Å². The number of nitrogens with zero attached hydrogens (tertiary/aromatic N) is 2. The Morgan fingerprint density at radius 1 is 1.12 bits per heavy atom. The number of hydrogen-bond donors (Lipinski definition) is 1. The normalized spacial score (nSPS) is 19.8. The van der Waals surface area contributed by atoms with Crippen LogP contribution in [-0.4, -0.2) is 56.1 Å². The molecule has 0 saturated carbocycles. The lowest BCUT2D eigenvalue weighted by Gasteiger charge is -2.39. The van der Waals surface area contributed by atoms with Gasteiger partial charge in [-0.3, -0.25) is 4.90 Å². The summed E-state index contributed by atoms with van der Waals surface area (Å²) in [4.78, 5) is 4.85. The first kappa shape index (κ1) is 17.9. The van der Waals surface area contributed by atoms with Crippen molar-refractivity contribution in [2.45, 2.75) is 19.0 Å². The minimum Gasteiger partial charge on any atom is -0.457 e. The van der Waals surface area contributed by atoms with E-state index in [2.05, 4.69) is 54.3 Å². The van der Waals surface area contributed by atoms with Crippen LogP contribution in [0.25, 0.3) is 0 Å². The Morgan fingerprint density at radius 2 is 1.88 bits per heavy atom. The van der Waals surface area contributed by atoms with Gasteiger partial charge in [0.25, 0.3) is 0 Å². The molecule has 1 N–H and O–H groups in total. The van der Waals surface area contributed by atoms with Gasteiger partial charge in [-0.2, -0.15) is 0 Å². The van der Waals surface area contributed by atoms with Crippen LogP contribution in [0.15, 0.2) is 54.6 Å². The van der Waals surface area contributed by atoms with Crippen molar-refractivity contribution >= 4 is 0 Å². The van der Waals surface area contributed by atoms with E-state index in [0.29, 0.717) is 12.1 Å². The zero-order valence-electron chi connectivity index (χ0n) is 15.5. The van der Waals surface area contributed by atoms with Gasteiger partial charge in [0, 0.05) is 38.3 Å². The third-order valence-corrected chi connectivity index (χ3v) is 4.60. The molecule has 1 aliphatic rings. The van der Waals surface area contributed by atoms with Gasteiger partial charge in [0.2, 0.25) is 0 Å². The highest BCUT2D eigenvalue weighted by molar-refractivity contribution is 5.35. The van der Waals surface area contributed by atoms with Gasteiger partial charge >= 0.3 is 0 Å². The highest BCUT2D eigenvalue weighted by Crippen LogP contribution is 2.28. The molecule has 3 rings (SSSR count). The van der Waals surface area contributed by atoms with E-state index in [1.54, 1.807) is 0 Å². The Morgan fingerprint density at radius 3 is 2.60 bits per heavy atom. The third-order valence-electron chi connectivity index (χ3n) is 4.60. The van der Waals surface area contributed by atoms with Crippen LogP contribution in [0, 0.1) is 0 Å². The highest BCUT2D eigenvalue weighted by Gasteiger charge is 2.25. The summed E-state index contributed by atoms with van der Waals surface area (Å²) in [5.74, 6) is 1.77. The van der Waals surface area contributed by atoms with Crippen molar-refractivity contribution in [2.75, 3.05) is 40.3 Å². The molecule has 0 aromatic heterocycles. The molecule has 2 unspecified atom stereocenters. The van der Waals surface area contributed by atoms with Crippen molar-refractivity contribution in [2.24, 2.45) is 0 Å². The molecule has 0 aliphatic carbocycles. The van der Waals surface area contributed by atoms with Crippen molar-refractivity contribution in [1.82, 2.24) is 15.1 Å². The second-order valence-corrected chi connectivity index (χ2v) is 7.12. The molecular weight excluding hydrogens is 310 g/mol. The predicted molar refractivity (Wildman–Crippen MR) is 103 cm³/mol. The molecule has 0 bridgehead atoms. The van der Waals surface area contributed by atoms with Crippen LogP contribution >= 0.6 is 0 Å². The van der Waals surface area contributed by atoms with E-state index >= 15 is 0 Å². The maximum Gasteiger partial charge on any atom is 0.127 e. The predicted octanol–water partition coefficient (Wildman–Crippen LogP) is 3.38. The van der Waals surface area contributed by atoms with Crippen LogP contribution in [0.1, 0.15) is 18.5 Å². The van der Waals surface area contributed by atoms with Gasteiger partial charge in [0.1, 0.15) is 11.5 Å². The molecule has 4 heteroatoms. The first-order valence-corrected chi connectivity index (χ1v) is 9.07.